The number of thiol groups is 2. The van der Waals surface area contributed by atoms with Crippen molar-refractivity contribution in [3.05, 3.63) is 72.1 Å². The van der Waals surface area contributed by atoms with Gasteiger partial charge in [0.2, 0.25) is 17.7 Å². The van der Waals surface area contributed by atoms with Gasteiger partial charge in [0.15, 0.2) is 0 Å². The maximum atomic E-state index is 13.7. The normalized spacial score (nSPS) is 14.2. The molecule has 0 spiro atoms. The van der Waals surface area contributed by atoms with Gasteiger partial charge in [0.1, 0.15) is 18.1 Å². The Kier molecular flexibility index (Phi) is 9.97. The summed E-state index contributed by atoms with van der Waals surface area (Å²) in [5.41, 5.74) is 9.09. The van der Waals surface area contributed by atoms with Gasteiger partial charge < -0.3 is 36.8 Å². The fraction of sp³-hybridized carbons (Fsp3) is 0.286. The summed E-state index contributed by atoms with van der Waals surface area (Å²) in [6.07, 6.45) is 3.67. The Morgan fingerprint density at radius 3 is 1.59 bits per heavy atom. The van der Waals surface area contributed by atoms with Gasteiger partial charge in [-0.05, 0) is 23.3 Å². The summed E-state index contributed by atoms with van der Waals surface area (Å²) in [5, 5.41) is 19.1. The van der Waals surface area contributed by atoms with Crippen molar-refractivity contribution in [3.63, 3.8) is 0 Å². The highest BCUT2D eigenvalue weighted by Gasteiger charge is 2.31. The zero-order valence-corrected chi connectivity index (χ0v) is 23.8. The van der Waals surface area contributed by atoms with Gasteiger partial charge >= 0.3 is 5.97 Å². The number of hydrogen-bond acceptors (Lipinski definition) is 7. The maximum absolute atomic E-state index is 13.7. The molecule has 13 heteroatoms. The quantitative estimate of drug-likeness (QED) is 0.104. The molecule has 8 N–H and O–H groups in total. The van der Waals surface area contributed by atoms with Crippen LogP contribution in [0, 0.1) is 0 Å². The van der Waals surface area contributed by atoms with Crippen LogP contribution in [0.25, 0.3) is 21.8 Å². The number of amides is 3. The molecule has 3 amide bonds. The minimum atomic E-state index is -1.26. The van der Waals surface area contributed by atoms with Crippen molar-refractivity contribution in [3.8, 4) is 0 Å². The Balaban J connectivity index is 1.63. The second-order valence-corrected chi connectivity index (χ2v) is 10.4. The Bertz CT molecular complexity index is 1550. The number of nitrogens with one attached hydrogen (secondary N) is 5. The van der Waals surface area contributed by atoms with Crippen LogP contribution in [0.2, 0.25) is 0 Å². The number of aliphatic carboxylic acids is 1. The number of rotatable bonds is 13. The van der Waals surface area contributed by atoms with E-state index in [2.05, 4.69) is 51.2 Å². The summed E-state index contributed by atoms with van der Waals surface area (Å²) >= 11 is 8.11. The first-order valence-corrected chi connectivity index (χ1v) is 14.2. The van der Waals surface area contributed by atoms with Gasteiger partial charge in [-0.25, -0.2) is 4.79 Å². The van der Waals surface area contributed by atoms with Gasteiger partial charge in [0, 0.05) is 58.5 Å². The third kappa shape index (κ3) is 7.23. The molecule has 4 aromatic rings. The molecule has 2 heterocycles. The highest BCUT2D eigenvalue weighted by Crippen LogP contribution is 2.21. The summed E-state index contributed by atoms with van der Waals surface area (Å²) in [6, 6.07) is 10.6. The third-order valence-electron chi connectivity index (χ3n) is 6.79. The van der Waals surface area contributed by atoms with Crippen molar-refractivity contribution >= 4 is 70.8 Å². The summed E-state index contributed by atoms with van der Waals surface area (Å²) in [6.45, 7) is 0. The minimum absolute atomic E-state index is 0.0599. The Labute approximate surface area is 246 Å². The topological polar surface area (TPSA) is 182 Å². The molecule has 0 fully saturated rings. The van der Waals surface area contributed by atoms with Crippen LogP contribution in [0.4, 0.5) is 0 Å². The molecule has 11 nitrogen and oxygen atoms in total. The third-order valence-corrected chi connectivity index (χ3v) is 7.55. The number of carboxylic acids is 1. The molecular weight excluding hydrogens is 564 g/mol. The van der Waals surface area contributed by atoms with E-state index in [0.29, 0.717) is 0 Å². The molecule has 216 valence electrons. The summed E-state index contributed by atoms with van der Waals surface area (Å²) < 4.78 is 0. The molecule has 2 aromatic carbocycles. The number of aromatic amines is 2. The first-order valence-electron chi connectivity index (χ1n) is 12.9. The van der Waals surface area contributed by atoms with Crippen LogP contribution in [-0.2, 0) is 32.0 Å². The van der Waals surface area contributed by atoms with E-state index in [1.165, 1.54) is 0 Å². The average molecular weight is 597 g/mol. The highest BCUT2D eigenvalue weighted by atomic mass is 32.1. The van der Waals surface area contributed by atoms with E-state index in [4.69, 9.17) is 5.73 Å². The molecule has 0 radical (unpaired) electrons. The van der Waals surface area contributed by atoms with Crippen molar-refractivity contribution in [2.24, 2.45) is 5.73 Å². The van der Waals surface area contributed by atoms with Gasteiger partial charge in [0.05, 0.1) is 6.04 Å². The SMILES string of the molecule is NC(CS)C(=O)NC(Cc1c[nH]c2ccccc12)C(=O)NC(Cc1c[nH]c2ccccc12)C(=O)NC(CS)C(=O)O. The fourth-order valence-corrected chi connectivity index (χ4v) is 4.96. The first kappa shape index (κ1) is 30.0. The standard InChI is InChI=1S/C28H32N6O5S2/c29-19(13-40)25(35)32-22(9-15-11-30-20-7-3-1-5-17(15)20)26(36)33-23(27(37)34-24(14-41)28(38)39)10-16-12-31-21-8-4-2-6-18(16)21/h1-8,11-12,19,22-24,30-31,40-41H,9-10,13-14,29H2,(H,32,35)(H,33,36)(H,34,37)(H,38,39). The van der Waals surface area contributed by atoms with E-state index in [-0.39, 0.29) is 24.3 Å². The predicted octanol–water partition coefficient (Wildman–Crippen LogP) is 1.16. The smallest absolute Gasteiger partial charge is 0.327 e. The van der Waals surface area contributed by atoms with Crippen molar-refractivity contribution in [2.75, 3.05) is 11.5 Å². The van der Waals surface area contributed by atoms with Crippen molar-refractivity contribution in [1.29, 1.82) is 0 Å². The number of carbonyl (C=O) groups excluding carboxylic acids is 3. The van der Waals surface area contributed by atoms with Crippen LogP contribution >= 0.6 is 25.3 Å². The molecular formula is C28H32N6O5S2. The molecule has 0 aliphatic carbocycles. The van der Waals surface area contributed by atoms with E-state index < -0.39 is 47.9 Å². The van der Waals surface area contributed by atoms with Gasteiger partial charge in [-0.15, -0.1) is 0 Å². The second-order valence-electron chi connectivity index (χ2n) is 9.62. The fourth-order valence-electron chi connectivity index (χ4n) is 4.55. The van der Waals surface area contributed by atoms with E-state index in [1.807, 2.05) is 48.5 Å². The van der Waals surface area contributed by atoms with Crippen LogP contribution in [0.1, 0.15) is 11.1 Å². The zero-order valence-electron chi connectivity index (χ0n) is 22.0. The number of benzene rings is 2. The Hall–Kier alpha value is -3.94. The lowest BCUT2D eigenvalue weighted by Gasteiger charge is -2.25. The highest BCUT2D eigenvalue weighted by molar-refractivity contribution is 7.80. The van der Waals surface area contributed by atoms with Crippen molar-refractivity contribution in [1.82, 2.24) is 25.9 Å². The molecule has 0 aliphatic rings. The first-order chi connectivity index (χ1) is 19.7. The molecule has 0 saturated heterocycles. The average Bonchev–Trinajstić information content (AvgIpc) is 3.58. The molecule has 4 rings (SSSR count). The molecule has 0 saturated carbocycles. The van der Waals surface area contributed by atoms with Crippen LogP contribution < -0.4 is 21.7 Å². The van der Waals surface area contributed by atoms with Crippen molar-refractivity contribution < 1.29 is 24.3 Å². The number of nitrogens with two attached hydrogens (primary N) is 1. The van der Waals surface area contributed by atoms with E-state index >= 15 is 0 Å². The van der Waals surface area contributed by atoms with Gasteiger partial charge in [0.25, 0.3) is 0 Å². The molecule has 2 aromatic heterocycles. The number of fused-ring (bicyclic) bond motifs is 2. The van der Waals surface area contributed by atoms with Gasteiger partial charge in [-0.1, -0.05) is 36.4 Å². The summed E-state index contributed by atoms with van der Waals surface area (Å²) in [5.74, 6) is -3.23. The monoisotopic (exact) mass is 596 g/mol. The van der Waals surface area contributed by atoms with Crippen LogP contribution in [0.15, 0.2) is 60.9 Å². The zero-order chi connectivity index (χ0) is 29.5. The summed E-state index contributed by atoms with van der Waals surface area (Å²) in [4.78, 5) is 57.7. The van der Waals surface area contributed by atoms with Crippen molar-refractivity contribution in [2.45, 2.75) is 37.0 Å². The van der Waals surface area contributed by atoms with Crippen LogP contribution in [-0.4, -0.2) is 74.4 Å². The molecule has 41 heavy (non-hydrogen) atoms. The Morgan fingerprint density at radius 1 is 0.707 bits per heavy atom. The lowest BCUT2D eigenvalue weighted by Crippen LogP contribution is -2.58. The van der Waals surface area contributed by atoms with Crippen LogP contribution in [0.5, 0.6) is 0 Å². The van der Waals surface area contributed by atoms with Crippen LogP contribution in [0.3, 0.4) is 0 Å². The molecule has 4 unspecified atom stereocenters. The maximum Gasteiger partial charge on any atom is 0.327 e. The van der Waals surface area contributed by atoms with E-state index in [1.54, 1.807) is 12.4 Å². The number of aromatic nitrogens is 2. The number of para-hydroxylation sites is 2. The number of H-pyrrole nitrogens is 2. The van der Waals surface area contributed by atoms with Gasteiger partial charge in [-0.2, -0.15) is 25.3 Å². The predicted molar refractivity (Wildman–Crippen MR) is 163 cm³/mol. The lowest BCUT2D eigenvalue weighted by molar-refractivity contribution is -0.141. The molecule has 4 atom stereocenters. The number of carboxylic acid groups (broad SMARTS) is 1. The van der Waals surface area contributed by atoms with E-state index in [9.17, 15) is 24.3 Å². The minimum Gasteiger partial charge on any atom is -0.480 e. The van der Waals surface area contributed by atoms with Gasteiger partial charge in [-0.3, -0.25) is 14.4 Å². The van der Waals surface area contributed by atoms with E-state index in [0.717, 1.165) is 32.9 Å². The Morgan fingerprint density at radius 2 is 1.15 bits per heavy atom. The number of carbonyl (C=O) groups is 4. The largest absolute Gasteiger partial charge is 0.480 e. The number of hydrogen-bond donors (Lipinski definition) is 9. The second kappa shape index (κ2) is 13.6. The molecule has 0 bridgehead atoms. The summed E-state index contributed by atoms with van der Waals surface area (Å²) in [7, 11) is 0. The lowest BCUT2D eigenvalue weighted by atomic mass is 10.0. The molecule has 0 aliphatic heterocycles.